The molecule has 2 aliphatic rings. The number of nitrogens with one attached hydrogen (secondary N) is 3. The van der Waals surface area contributed by atoms with Gasteiger partial charge in [0.1, 0.15) is 27.4 Å². The molecule has 394 valence electrons. The van der Waals surface area contributed by atoms with Gasteiger partial charge in [-0.25, -0.2) is 31.4 Å². The van der Waals surface area contributed by atoms with Gasteiger partial charge in [0.2, 0.25) is 0 Å². The average molecular weight is 1090 g/mol. The molecule has 0 radical (unpaired) electrons. The number of methoxy groups -OCH3 is 2. The second-order valence-corrected chi connectivity index (χ2v) is 22.4. The van der Waals surface area contributed by atoms with Gasteiger partial charge in [0.25, 0.3) is 30.2 Å². The number of carbonyl (C=O) groups is 2. The van der Waals surface area contributed by atoms with Crippen LogP contribution in [0.2, 0.25) is 0 Å². The number of benzene rings is 7. The molecule has 1 aliphatic carbocycles. The normalized spacial score (nSPS) is 12.2. The molecule has 6 aromatic rings. The molecule has 1 heterocycles. The number of sulfonamides is 2. The van der Waals surface area contributed by atoms with E-state index in [-0.39, 0.29) is 44.7 Å². The topological polar surface area (TPSA) is 318 Å². The van der Waals surface area contributed by atoms with Crippen LogP contribution in [0.4, 0.5) is 28.4 Å². The van der Waals surface area contributed by atoms with E-state index in [9.17, 15) is 59.8 Å². The molecule has 0 fully saturated rings. The molecule has 0 saturated heterocycles. The summed E-state index contributed by atoms with van der Waals surface area (Å²) in [6, 6.07) is 22.9. The smallest absolute Gasteiger partial charge is 0.339 e. The quantitative estimate of drug-likeness (QED) is 0.0350. The number of hydrogen-bond donors (Lipinski definition) is 8. The number of carboxylic acids is 2. The van der Waals surface area contributed by atoms with Crippen molar-refractivity contribution in [2.24, 2.45) is 4.99 Å². The summed E-state index contributed by atoms with van der Waals surface area (Å²) in [5.74, 6) is -5.17. The van der Waals surface area contributed by atoms with Crippen LogP contribution >= 0.6 is 0 Å². The number of hydrogen-bond acceptors (Lipinski definition) is 15. The van der Waals surface area contributed by atoms with Crippen molar-refractivity contribution in [2.75, 3.05) is 29.0 Å². The number of phenols is 2. The maximum atomic E-state index is 13.9. The van der Waals surface area contributed by atoms with Crippen molar-refractivity contribution in [3.63, 3.8) is 0 Å². The number of rotatable bonds is 15. The molecular formula is C53H48N4O16S3. The van der Waals surface area contributed by atoms with E-state index in [1.165, 1.54) is 12.1 Å². The summed E-state index contributed by atoms with van der Waals surface area (Å²) in [7, 11) is -11.5. The Labute approximate surface area is 435 Å². The predicted molar refractivity (Wildman–Crippen MR) is 283 cm³/mol. The van der Waals surface area contributed by atoms with Crippen molar-refractivity contribution < 1.29 is 73.7 Å². The van der Waals surface area contributed by atoms with Crippen LogP contribution in [0.1, 0.15) is 54.1 Å². The highest BCUT2D eigenvalue weighted by atomic mass is 32.2. The van der Waals surface area contributed by atoms with E-state index < -0.39 is 74.5 Å². The molecule has 8 N–H and O–H groups in total. The van der Waals surface area contributed by atoms with Crippen LogP contribution in [0.3, 0.4) is 0 Å². The summed E-state index contributed by atoms with van der Waals surface area (Å²) in [4.78, 5) is 27.4. The first-order chi connectivity index (χ1) is 35.6. The summed E-state index contributed by atoms with van der Waals surface area (Å²) in [6.07, 6.45) is 0. The van der Waals surface area contributed by atoms with Crippen LogP contribution in [0, 0.1) is 41.5 Å². The Balaban J connectivity index is 1.25. The highest BCUT2D eigenvalue weighted by molar-refractivity contribution is 7.93. The largest absolute Gasteiger partial charge is 0.504 e. The number of fused-ring (bicyclic) bond motifs is 2. The minimum atomic E-state index is -4.78. The van der Waals surface area contributed by atoms with E-state index in [0.717, 1.165) is 38.5 Å². The lowest BCUT2D eigenvalue weighted by atomic mass is 9.93. The number of aryl methyl sites for hydroxylation is 4. The van der Waals surface area contributed by atoms with Crippen LogP contribution in [-0.2, 0) is 30.2 Å². The first-order valence-electron chi connectivity index (χ1n) is 22.6. The SMILES string of the molecule is COc1cc(S(=O)(=O)Nc2c(C)cc(C)c(N=c3ccc4c(-c5ccccc5S(=O)(=O)O)c5ccc(Nc6c(C)cc(C)c(NS(=O)(=O)c7cc(OC)c(O)c(C(=O)O)c7)c6C)cc5oc-4c3)c2C)cc(C(=O)O)c1O. The van der Waals surface area contributed by atoms with E-state index in [1.807, 2.05) is 0 Å². The molecule has 1 aliphatic heterocycles. The van der Waals surface area contributed by atoms with Gasteiger partial charge in [-0.2, -0.15) is 8.42 Å². The van der Waals surface area contributed by atoms with E-state index in [0.29, 0.717) is 72.3 Å². The third kappa shape index (κ3) is 10.0. The summed E-state index contributed by atoms with van der Waals surface area (Å²) < 4.78 is 113. The number of anilines is 4. The Kier molecular flexibility index (Phi) is 14.0. The zero-order chi connectivity index (χ0) is 55.5. The highest BCUT2D eigenvalue weighted by Gasteiger charge is 2.28. The molecule has 76 heavy (non-hydrogen) atoms. The van der Waals surface area contributed by atoms with Crippen LogP contribution in [0.15, 0.2) is 121 Å². The van der Waals surface area contributed by atoms with Crippen LogP contribution in [0.5, 0.6) is 23.0 Å². The van der Waals surface area contributed by atoms with Gasteiger partial charge >= 0.3 is 11.9 Å². The van der Waals surface area contributed by atoms with Crippen molar-refractivity contribution in [1.82, 2.24) is 0 Å². The summed E-state index contributed by atoms with van der Waals surface area (Å²) in [6.45, 7) is 10.3. The molecule has 0 unspecified atom stereocenters. The van der Waals surface area contributed by atoms with Gasteiger partial charge < -0.3 is 39.6 Å². The van der Waals surface area contributed by atoms with Crippen molar-refractivity contribution >= 4 is 81.5 Å². The number of nitrogens with zero attached hydrogens (tertiary/aromatic N) is 1. The lowest BCUT2D eigenvalue weighted by molar-refractivity contribution is 0.0681. The summed E-state index contributed by atoms with van der Waals surface area (Å²) in [5.41, 5.74) is 4.60. The number of aromatic carboxylic acids is 2. The van der Waals surface area contributed by atoms with Crippen LogP contribution in [-0.4, -0.2) is 76.4 Å². The number of ether oxygens (including phenoxy) is 2. The van der Waals surface area contributed by atoms with Crippen LogP contribution < -0.4 is 29.6 Å². The van der Waals surface area contributed by atoms with Crippen molar-refractivity contribution in [3.8, 4) is 45.4 Å². The molecule has 0 spiro atoms. The van der Waals surface area contributed by atoms with Gasteiger partial charge in [-0.05, 0) is 117 Å². The number of carboxylic acid groups (broad SMARTS) is 2. The zero-order valence-corrected chi connectivity index (χ0v) is 44.1. The van der Waals surface area contributed by atoms with E-state index in [4.69, 9.17) is 18.9 Å². The first kappa shape index (κ1) is 53.6. The Hall–Kier alpha value is -8.64. The fourth-order valence-electron chi connectivity index (χ4n) is 9.03. The average Bonchev–Trinajstić information content (AvgIpc) is 3.39. The Morgan fingerprint density at radius 2 is 1.12 bits per heavy atom. The predicted octanol–water partition coefficient (Wildman–Crippen LogP) is 9.70. The molecule has 0 amide bonds. The monoisotopic (exact) mass is 1090 g/mol. The third-order valence-corrected chi connectivity index (χ3v) is 16.2. The van der Waals surface area contributed by atoms with Gasteiger partial charge in [-0.1, -0.05) is 30.3 Å². The summed E-state index contributed by atoms with van der Waals surface area (Å²) >= 11 is 0. The molecule has 0 aromatic heterocycles. The Morgan fingerprint density at radius 1 is 0.592 bits per heavy atom. The third-order valence-electron chi connectivity index (χ3n) is 12.6. The van der Waals surface area contributed by atoms with Crippen molar-refractivity contribution in [3.05, 3.63) is 147 Å². The van der Waals surface area contributed by atoms with E-state index in [1.54, 1.807) is 102 Å². The molecule has 0 atom stereocenters. The molecule has 20 nitrogen and oxygen atoms in total. The fraction of sp³-hybridized carbons (Fsp3) is 0.151. The summed E-state index contributed by atoms with van der Waals surface area (Å²) in [5, 5.41) is 44.1. The first-order valence-corrected chi connectivity index (χ1v) is 27.0. The van der Waals surface area contributed by atoms with Gasteiger partial charge in [-0.15, -0.1) is 0 Å². The van der Waals surface area contributed by atoms with Crippen molar-refractivity contribution in [2.45, 2.75) is 56.2 Å². The molecule has 0 saturated carbocycles. The number of aromatic hydroxyl groups is 2. The maximum absolute atomic E-state index is 13.9. The standard InChI is InChI=1S/C53H48N4O16S3/c1-25-17-27(3)48(56-74(64,65)33-21-38(52(60)61)50(58)42(23-33)71-7)29(5)46(25)54-31-13-15-35-40(19-31)73-41-20-32(14-16-36(41)45(35)37-11-9-10-12-44(37)76(68,69)70)55-47-26(2)18-28(4)49(30(47)6)57-75(66,67)34-22-39(53(62)63)51(59)43(24-34)72-8/h9-24,54,56-59H,1-8H3,(H,60,61)(H,62,63)(H,68,69,70). The lowest BCUT2D eigenvalue weighted by Gasteiger charge is -2.21. The van der Waals surface area contributed by atoms with Gasteiger partial charge in [0, 0.05) is 57.7 Å². The molecule has 8 rings (SSSR count). The zero-order valence-electron chi connectivity index (χ0n) is 41.6. The van der Waals surface area contributed by atoms with Gasteiger partial charge in [0.05, 0.1) is 46.4 Å². The minimum Gasteiger partial charge on any atom is -0.504 e. The van der Waals surface area contributed by atoms with Crippen LogP contribution in [0.25, 0.3) is 33.4 Å². The Bertz CT molecular complexity index is 4170. The second-order valence-electron chi connectivity index (χ2n) is 17.7. The second kappa shape index (κ2) is 19.9. The molecular weight excluding hydrogens is 1040 g/mol. The highest BCUT2D eigenvalue weighted by Crippen LogP contribution is 2.45. The van der Waals surface area contributed by atoms with E-state index in [2.05, 4.69) is 14.8 Å². The van der Waals surface area contributed by atoms with Crippen molar-refractivity contribution in [1.29, 1.82) is 0 Å². The fourth-order valence-corrected chi connectivity index (χ4v) is 12.2. The Morgan fingerprint density at radius 3 is 1.66 bits per heavy atom. The minimum absolute atomic E-state index is 0.143. The van der Waals surface area contributed by atoms with Gasteiger partial charge in [0.15, 0.2) is 23.0 Å². The lowest BCUT2D eigenvalue weighted by Crippen LogP contribution is -2.16. The molecule has 23 heteroatoms. The molecule has 0 bridgehead atoms. The molecule has 6 aromatic carbocycles. The van der Waals surface area contributed by atoms with Gasteiger partial charge in [-0.3, -0.25) is 14.0 Å². The van der Waals surface area contributed by atoms with E-state index >= 15 is 0 Å². The maximum Gasteiger partial charge on any atom is 0.339 e.